The molecule has 35 heavy (non-hydrogen) atoms. The molecule has 0 heterocycles. The molecule has 0 aromatic heterocycles. The van der Waals surface area contributed by atoms with Gasteiger partial charge in [-0.1, -0.05) is 49.7 Å². The molecule has 2 aromatic rings. The Kier molecular flexibility index (Phi) is 10.6. The van der Waals surface area contributed by atoms with Crippen LogP contribution in [0.15, 0.2) is 48.5 Å². The minimum Gasteiger partial charge on any atom is -0.354 e. The van der Waals surface area contributed by atoms with Gasteiger partial charge in [0.05, 0.1) is 11.9 Å². The zero-order valence-corrected chi connectivity index (χ0v) is 22.7. The highest BCUT2D eigenvalue weighted by atomic mass is 35.5. The Morgan fingerprint density at radius 2 is 1.66 bits per heavy atom. The van der Waals surface area contributed by atoms with Crippen LogP contribution in [0.2, 0.25) is 5.02 Å². The van der Waals surface area contributed by atoms with Crippen LogP contribution in [0.3, 0.4) is 0 Å². The van der Waals surface area contributed by atoms with Crippen molar-refractivity contribution in [2.45, 2.75) is 53.1 Å². The van der Waals surface area contributed by atoms with Crippen LogP contribution in [-0.2, 0) is 26.2 Å². The third kappa shape index (κ3) is 8.85. The van der Waals surface area contributed by atoms with Crippen molar-refractivity contribution in [3.63, 3.8) is 0 Å². The second kappa shape index (κ2) is 12.9. The molecule has 192 valence electrons. The molecule has 0 bridgehead atoms. The van der Waals surface area contributed by atoms with Gasteiger partial charge in [-0.05, 0) is 61.6 Å². The SMILES string of the molecule is Cc1ccccc1CN(C(=O)CCCN(c1ccc(Cl)cc1)S(C)(=O)=O)[C@H](C)C(=O)NCC(C)C. The van der Waals surface area contributed by atoms with Gasteiger partial charge in [0.1, 0.15) is 6.04 Å². The molecular weight excluding hydrogens is 486 g/mol. The number of aryl methyl sites for hydroxylation is 1. The van der Waals surface area contributed by atoms with Gasteiger partial charge in [-0.25, -0.2) is 8.42 Å². The number of rotatable bonds is 12. The van der Waals surface area contributed by atoms with Crippen molar-refractivity contribution in [3.05, 3.63) is 64.7 Å². The fourth-order valence-corrected chi connectivity index (χ4v) is 4.71. The highest BCUT2D eigenvalue weighted by molar-refractivity contribution is 7.92. The number of anilines is 1. The first-order valence-electron chi connectivity index (χ1n) is 11.7. The van der Waals surface area contributed by atoms with Gasteiger partial charge in [0.2, 0.25) is 21.8 Å². The third-order valence-corrected chi connectivity index (χ3v) is 7.17. The average molecular weight is 522 g/mol. The topological polar surface area (TPSA) is 86.8 Å². The molecule has 0 radical (unpaired) electrons. The summed E-state index contributed by atoms with van der Waals surface area (Å²) in [5.74, 6) is -0.119. The lowest BCUT2D eigenvalue weighted by molar-refractivity contribution is -0.140. The van der Waals surface area contributed by atoms with Crippen LogP contribution in [0.1, 0.15) is 44.7 Å². The summed E-state index contributed by atoms with van der Waals surface area (Å²) in [4.78, 5) is 27.7. The first-order chi connectivity index (χ1) is 16.4. The van der Waals surface area contributed by atoms with E-state index in [2.05, 4.69) is 5.32 Å². The van der Waals surface area contributed by atoms with E-state index in [1.165, 1.54) is 4.31 Å². The molecule has 2 rings (SSSR count). The maximum absolute atomic E-state index is 13.3. The van der Waals surface area contributed by atoms with E-state index in [4.69, 9.17) is 11.6 Å². The van der Waals surface area contributed by atoms with Crippen LogP contribution < -0.4 is 9.62 Å². The highest BCUT2D eigenvalue weighted by Gasteiger charge is 2.27. The lowest BCUT2D eigenvalue weighted by Gasteiger charge is -2.30. The Labute approximate surface area is 214 Å². The Morgan fingerprint density at radius 3 is 2.23 bits per heavy atom. The van der Waals surface area contributed by atoms with Gasteiger partial charge in [0, 0.05) is 31.1 Å². The standard InChI is InChI=1S/C26H36ClN3O4S/c1-19(2)17-28-26(32)21(4)29(18-22-10-7-6-9-20(22)3)25(31)11-8-16-30(35(5,33)34)24-14-12-23(27)13-15-24/h6-7,9-10,12-15,19,21H,8,11,16-18H2,1-5H3,(H,28,32)/t21-/m1/s1. The minimum absolute atomic E-state index is 0.104. The van der Waals surface area contributed by atoms with Crippen LogP contribution in [0, 0.1) is 12.8 Å². The van der Waals surface area contributed by atoms with Gasteiger partial charge in [-0.3, -0.25) is 13.9 Å². The van der Waals surface area contributed by atoms with E-state index in [0.717, 1.165) is 17.4 Å². The molecule has 0 saturated carbocycles. The second-order valence-electron chi connectivity index (χ2n) is 9.18. The van der Waals surface area contributed by atoms with Crippen molar-refractivity contribution in [2.75, 3.05) is 23.7 Å². The first kappa shape index (κ1) is 28.7. The second-order valence-corrected chi connectivity index (χ2v) is 11.5. The van der Waals surface area contributed by atoms with Crippen LogP contribution in [0.5, 0.6) is 0 Å². The Balaban J connectivity index is 2.16. The Bertz CT molecular complexity index is 1100. The van der Waals surface area contributed by atoms with Crippen molar-refractivity contribution < 1.29 is 18.0 Å². The molecular formula is C26H36ClN3O4S. The number of sulfonamides is 1. The van der Waals surface area contributed by atoms with Crippen molar-refractivity contribution >= 4 is 39.1 Å². The molecule has 0 spiro atoms. The van der Waals surface area contributed by atoms with Gasteiger partial charge in [-0.15, -0.1) is 0 Å². The maximum Gasteiger partial charge on any atom is 0.242 e. The first-order valence-corrected chi connectivity index (χ1v) is 14.0. The molecule has 9 heteroatoms. The summed E-state index contributed by atoms with van der Waals surface area (Å²) in [7, 11) is -3.55. The normalized spacial score (nSPS) is 12.3. The zero-order chi connectivity index (χ0) is 26.2. The van der Waals surface area contributed by atoms with E-state index in [1.807, 2.05) is 45.0 Å². The minimum atomic E-state index is -3.55. The van der Waals surface area contributed by atoms with Crippen LogP contribution in [0.4, 0.5) is 5.69 Å². The molecule has 0 fully saturated rings. The number of amides is 2. The Hall–Kier alpha value is -2.58. The van der Waals surface area contributed by atoms with Gasteiger partial charge < -0.3 is 10.2 Å². The maximum atomic E-state index is 13.3. The number of carbonyl (C=O) groups is 2. The molecule has 0 aliphatic carbocycles. The molecule has 0 unspecified atom stereocenters. The quantitative estimate of drug-likeness (QED) is 0.449. The predicted octanol–water partition coefficient (Wildman–Crippen LogP) is 4.38. The highest BCUT2D eigenvalue weighted by Crippen LogP contribution is 2.21. The van der Waals surface area contributed by atoms with Crippen LogP contribution in [-0.4, -0.2) is 50.5 Å². The molecule has 0 aliphatic rings. The number of nitrogens with one attached hydrogen (secondary N) is 1. The lowest BCUT2D eigenvalue weighted by atomic mass is 10.1. The summed E-state index contributed by atoms with van der Waals surface area (Å²) in [5, 5.41) is 3.42. The van der Waals surface area contributed by atoms with Gasteiger partial charge in [-0.2, -0.15) is 0 Å². The number of nitrogens with zero attached hydrogens (tertiary/aromatic N) is 2. The van der Waals surface area contributed by atoms with E-state index in [-0.39, 0.29) is 24.8 Å². The number of hydrogen-bond acceptors (Lipinski definition) is 4. The molecule has 2 aromatic carbocycles. The summed E-state index contributed by atoms with van der Waals surface area (Å²) < 4.78 is 26.0. The summed E-state index contributed by atoms with van der Waals surface area (Å²) in [6.45, 7) is 8.68. The fraction of sp³-hybridized carbons (Fsp3) is 0.462. The number of benzene rings is 2. The predicted molar refractivity (Wildman–Crippen MR) is 142 cm³/mol. The summed E-state index contributed by atoms with van der Waals surface area (Å²) in [6, 6.07) is 13.6. The van der Waals surface area contributed by atoms with Crippen LogP contribution >= 0.6 is 11.6 Å². The van der Waals surface area contributed by atoms with Crippen LogP contribution in [0.25, 0.3) is 0 Å². The van der Waals surface area contributed by atoms with Crippen molar-refractivity contribution in [1.82, 2.24) is 10.2 Å². The van der Waals surface area contributed by atoms with E-state index in [1.54, 1.807) is 36.1 Å². The molecule has 0 aliphatic heterocycles. The molecule has 7 nitrogen and oxygen atoms in total. The summed E-state index contributed by atoms with van der Waals surface area (Å²) >= 11 is 5.93. The van der Waals surface area contributed by atoms with E-state index >= 15 is 0 Å². The zero-order valence-electron chi connectivity index (χ0n) is 21.1. The Morgan fingerprint density at radius 1 is 1.03 bits per heavy atom. The number of carbonyl (C=O) groups excluding carboxylic acids is 2. The smallest absolute Gasteiger partial charge is 0.242 e. The van der Waals surface area contributed by atoms with Crippen molar-refractivity contribution in [3.8, 4) is 0 Å². The third-order valence-electron chi connectivity index (χ3n) is 5.72. The van der Waals surface area contributed by atoms with Crippen molar-refractivity contribution in [1.29, 1.82) is 0 Å². The summed E-state index contributed by atoms with van der Waals surface area (Å²) in [5.41, 5.74) is 2.48. The largest absolute Gasteiger partial charge is 0.354 e. The van der Waals surface area contributed by atoms with Crippen molar-refractivity contribution in [2.24, 2.45) is 5.92 Å². The van der Waals surface area contributed by atoms with E-state index in [9.17, 15) is 18.0 Å². The monoisotopic (exact) mass is 521 g/mol. The van der Waals surface area contributed by atoms with Gasteiger partial charge in [0.15, 0.2) is 0 Å². The molecule has 1 N–H and O–H groups in total. The van der Waals surface area contributed by atoms with E-state index < -0.39 is 16.1 Å². The van der Waals surface area contributed by atoms with Gasteiger partial charge in [0.25, 0.3) is 0 Å². The lowest BCUT2D eigenvalue weighted by Crippen LogP contribution is -2.48. The van der Waals surface area contributed by atoms with Gasteiger partial charge >= 0.3 is 0 Å². The summed E-state index contributed by atoms with van der Waals surface area (Å²) in [6.07, 6.45) is 1.54. The number of hydrogen-bond donors (Lipinski definition) is 1. The number of halogens is 1. The average Bonchev–Trinajstić information content (AvgIpc) is 2.79. The molecule has 1 atom stereocenters. The fourth-order valence-electron chi connectivity index (χ4n) is 3.62. The molecule has 0 saturated heterocycles. The molecule has 2 amide bonds. The van der Waals surface area contributed by atoms with E-state index in [0.29, 0.717) is 36.1 Å².